The minimum absolute atomic E-state index is 0.490. The lowest BCUT2D eigenvalue weighted by Crippen LogP contribution is -2.44. The van der Waals surface area contributed by atoms with Crippen molar-refractivity contribution in [3.05, 3.63) is 42.7 Å². The quantitative estimate of drug-likeness (QED) is 0.790. The first-order valence-corrected chi connectivity index (χ1v) is 8.03. The molecule has 0 spiro atoms. The van der Waals surface area contributed by atoms with E-state index in [0.29, 0.717) is 5.95 Å². The standard InChI is InChI=1S/C17H19N7/c1-23-8-10-24(11-9-23)15-12-19-22-17(21-15)20-14-6-2-4-13-5-3-7-18-16(13)14/h2-7,12H,8-11H2,1H3,(H,20,21,22). The summed E-state index contributed by atoms with van der Waals surface area (Å²) in [6, 6.07) is 9.96. The summed E-state index contributed by atoms with van der Waals surface area (Å²) < 4.78 is 0. The zero-order valence-electron chi connectivity index (χ0n) is 13.6. The largest absolute Gasteiger partial charge is 0.353 e. The molecule has 1 aromatic carbocycles. The van der Waals surface area contributed by atoms with Crippen LogP contribution in [0.25, 0.3) is 10.9 Å². The van der Waals surface area contributed by atoms with Crippen molar-refractivity contribution < 1.29 is 0 Å². The topological polar surface area (TPSA) is 70.1 Å². The molecule has 7 nitrogen and oxygen atoms in total. The fourth-order valence-electron chi connectivity index (χ4n) is 2.86. The van der Waals surface area contributed by atoms with Crippen LogP contribution in [0.5, 0.6) is 0 Å². The van der Waals surface area contributed by atoms with Gasteiger partial charge in [-0.1, -0.05) is 18.2 Å². The van der Waals surface area contributed by atoms with E-state index in [1.807, 2.05) is 30.3 Å². The Balaban J connectivity index is 1.59. The van der Waals surface area contributed by atoms with E-state index in [1.54, 1.807) is 12.4 Å². The number of likely N-dealkylation sites (N-methyl/N-ethyl adjacent to an activating group) is 1. The molecule has 3 aromatic rings. The van der Waals surface area contributed by atoms with Gasteiger partial charge in [0.05, 0.1) is 17.4 Å². The first kappa shape index (κ1) is 14.8. The molecule has 0 atom stereocenters. The van der Waals surface area contributed by atoms with Crippen molar-refractivity contribution in [2.45, 2.75) is 0 Å². The predicted molar refractivity (Wildman–Crippen MR) is 94.6 cm³/mol. The third-order valence-electron chi connectivity index (χ3n) is 4.25. The van der Waals surface area contributed by atoms with E-state index in [0.717, 1.165) is 48.6 Å². The lowest BCUT2D eigenvalue weighted by molar-refractivity contribution is 0.312. The number of rotatable bonds is 3. The van der Waals surface area contributed by atoms with Crippen LogP contribution in [0.1, 0.15) is 0 Å². The van der Waals surface area contributed by atoms with Crippen molar-refractivity contribution in [1.29, 1.82) is 0 Å². The molecule has 0 radical (unpaired) electrons. The molecule has 122 valence electrons. The van der Waals surface area contributed by atoms with E-state index in [9.17, 15) is 0 Å². The molecule has 1 N–H and O–H groups in total. The van der Waals surface area contributed by atoms with Crippen molar-refractivity contribution in [1.82, 2.24) is 25.1 Å². The van der Waals surface area contributed by atoms with E-state index < -0.39 is 0 Å². The molecule has 1 aliphatic heterocycles. The molecule has 7 heteroatoms. The Bertz CT molecular complexity index is 838. The van der Waals surface area contributed by atoms with Gasteiger partial charge in [0.1, 0.15) is 0 Å². The van der Waals surface area contributed by atoms with Gasteiger partial charge in [-0.15, -0.1) is 5.10 Å². The van der Waals surface area contributed by atoms with Gasteiger partial charge in [0.2, 0.25) is 5.95 Å². The number of fused-ring (bicyclic) bond motifs is 1. The van der Waals surface area contributed by atoms with E-state index >= 15 is 0 Å². The molecule has 4 rings (SSSR count). The predicted octanol–water partition coefficient (Wildman–Crippen LogP) is 1.92. The number of benzene rings is 1. The van der Waals surface area contributed by atoms with Crippen LogP contribution in [-0.4, -0.2) is 58.3 Å². The summed E-state index contributed by atoms with van der Waals surface area (Å²) in [5.41, 5.74) is 1.78. The molecule has 1 aliphatic rings. The minimum atomic E-state index is 0.490. The van der Waals surface area contributed by atoms with Crippen LogP contribution in [0, 0.1) is 0 Å². The highest BCUT2D eigenvalue weighted by atomic mass is 15.3. The van der Waals surface area contributed by atoms with Gasteiger partial charge in [0, 0.05) is 37.8 Å². The summed E-state index contributed by atoms with van der Waals surface area (Å²) >= 11 is 0. The number of para-hydroxylation sites is 1. The van der Waals surface area contributed by atoms with Crippen LogP contribution in [-0.2, 0) is 0 Å². The van der Waals surface area contributed by atoms with E-state index in [2.05, 4.69) is 42.3 Å². The second kappa shape index (κ2) is 6.37. The lowest BCUT2D eigenvalue weighted by Gasteiger charge is -2.32. The van der Waals surface area contributed by atoms with Crippen molar-refractivity contribution in [2.75, 3.05) is 43.4 Å². The van der Waals surface area contributed by atoms with Crippen molar-refractivity contribution in [3.63, 3.8) is 0 Å². The molecule has 1 fully saturated rings. The second-order valence-corrected chi connectivity index (χ2v) is 5.93. The van der Waals surface area contributed by atoms with E-state index in [4.69, 9.17) is 0 Å². The molecule has 0 amide bonds. The average Bonchev–Trinajstić information content (AvgIpc) is 2.63. The van der Waals surface area contributed by atoms with Crippen molar-refractivity contribution in [3.8, 4) is 0 Å². The van der Waals surface area contributed by atoms with Gasteiger partial charge in [-0.3, -0.25) is 4.98 Å². The monoisotopic (exact) mass is 321 g/mol. The zero-order valence-corrected chi connectivity index (χ0v) is 13.6. The smallest absolute Gasteiger partial charge is 0.249 e. The van der Waals surface area contributed by atoms with Gasteiger partial charge in [0.15, 0.2) is 5.82 Å². The van der Waals surface area contributed by atoms with Gasteiger partial charge in [0.25, 0.3) is 0 Å². The maximum Gasteiger partial charge on any atom is 0.249 e. The molecule has 0 bridgehead atoms. The normalized spacial score (nSPS) is 15.6. The number of hydrogen-bond acceptors (Lipinski definition) is 7. The fraction of sp³-hybridized carbons (Fsp3) is 0.294. The second-order valence-electron chi connectivity index (χ2n) is 5.93. The highest BCUT2D eigenvalue weighted by Crippen LogP contribution is 2.23. The number of piperazine rings is 1. The third kappa shape index (κ3) is 2.98. The number of aromatic nitrogens is 4. The molecular weight excluding hydrogens is 302 g/mol. The number of hydrogen-bond donors (Lipinski definition) is 1. The highest BCUT2D eigenvalue weighted by Gasteiger charge is 2.16. The van der Waals surface area contributed by atoms with Crippen molar-refractivity contribution in [2.24, 2.45) is 0 Å². The lowest BCUT2D eigenvalue weighted by atomic mass is 10.2. The Morgan fingerprint density at radius 2 is 1.88 bits per heavy atom. The number of anilines is 3. The maximum atomic E-state index is 4.62. The number of nitrogens with one attached hydrogen (secondary N) is 1. The zero-order chi connectivity index (χ0) is 16.4. The summed E-state index contributed by atoms with van der Waals surface area (Å²) in [6.45, 7) is 3.95. The number of pyridine rings is 1. The molecule has 0 unspecified atom stereocenters. The Labute approximate surface area is 140 Å². The maximum absolute atomic E-state index is 4.62. The first-order chi connectivity index (χ1) is 11.8. The van der Waals surface area contributed by atoms with Crippen molar-refractivity contribution >= 4 is 28.4 Å². The van der Waals surface area contributed by atoms with Crippen LogP contribution in [0.2, 0.25) is 0 Å². The van der Waals surface area contributed by atoms with Crippen LogP contribution < -0.4 is 10.2 Å². The molecular formula is C17H19N7. The van der Waals surface area contributed by atoms with Crippen LogP contribution >= 0.6 is 0 Å². The van der Waals surface area contributed by atoms with Gasteiger partial charge in [-0.05, 0) is 19.2 Å². The Kier molecular flexibility index (Phi) is 3.92. The molecule has 0 aliphatic carbocycles. The first-order valence-electron chi connectivity index (χ1n) is 8.03. The summed E-state index contributed by atoms with van der Waals surface area (Å²) in [4.78, 5) is 13.6. The molecule has 2 aromatic heterocycles. The summed E-state index contributed by atoms with van der Waals surface area (Å²) in [6.07, 6.45) is 3.51. The van der Waals surface area contributed by atoms with E-state index in [1.165, 1.54) is 0 Å². The average molecular weight is 321 g/mol. The summed E-state index contributed by atoms with van der Waals surface area (Å²) in [7, 11) is 2.13. The highest BCUT2D eigenvalue weighted by molar-refractivity contribution is 5.91. The molecule has 3 heterocycles. The molecule has 1 saturated heterocycles. The van der Waals surface area contributed by atoms with Crippen LogP contribution in [0.4, 0.5) is 17.5 Å². The van der Waals surface area contributed by atoms with Crippen LogP contribution in [0.3, 0.4) is 0 Å². The minimum Gasteiger partial charge on any atom is -0.353 e. The van der Waals surface area contributed by atoms with Gasteiger partial charge < -0.3 is 15.1 Å². The summed E-state index contributed by atoms with van der Waals surface area (Å²) in [5, 5.41) is 12.5. The Morgan fingerprint density at radius 3 is 2.75 bits per heavy atom. The Hall–Kier alpha value is -2.80. The molecule has 24 heavy (non-hydrogen) atoms. The van der Waals surface area contributed by atoms with Gasteiger partial charge >= 0.3 is 0 Å². The van der Waals surface area contributed by atoms with Crippen LogP contribution in [0.15, 0.2) is 42.7 Å². The van der Waals surface area contributed by atoms with E-state index in [-0.39, 0.29) is 0 Å². The van der Waals surface area contributed by atoms with Gasteiger partial charge in [-0.25, -0.2) is 0 Å². The third-order valence-corrected chi connectivity index (χ3v) is 4.25. The summed E-state index contributed by atoms with van der Waals surface area (Å²) in [5.74, 6) is 1.35. The SMILES string of the molecule is CN1CCN(c2cnnc(Nc3cccc4cccnc34)n2)CC1. The Morgan fingerprint density at radius 1 is 1.04 bits per heavy atom. The molecule has 0 saturated carbocycles. The van der Waals surface area contributed by atoms with Gasteiger partial charge in [-0.2, -0.15) is 10.1 Å². The number of nitrogens with zero attached hydrogens (tertiary/aromatic N) is 6. The fourth-order valence-corrected chi connectivity index (χ4v) is 2.86.